The van der Waals surface area contributed by atoms with Crippen molar-refractivity contribution in [3.05, 3.63) is 29.8 Å². The third-order valence-electron chi connectivity index (χ3n) is 2.94. The van der Waals surface area contributed by atoms with E-state index in [1.54, 1.807) is 0 Å². The summed E-state index contributed by atoms with van der Waals surface area (Å²) in [5.74, 6) is 0.865. The molecule has 18 heavy (non-hydrogen) atoms. The maximum atomic E-state index is 9.59. The minimum atomic E-state index is -0.383. The quantitative estimate of drug-likeness (QED) is 0.783. The first-order valence-electron chi connectivity index (χ1n) is 6.65. The Labute approximate surface area is 110 Å². The highest BCUT2D eigenvalue weighted by Gasteiger charge is 2.24. The smallest absolute Gasteiger partial charge is 0.119 e. The molecule has 0 aliphatic heterocycles. The van der Waals surface area contributed by atoms with E-state index in [-0.39, 0.29) is 18.2 Å². The Morgan fingerprint density at radius 1 is 1.28 bits per heavy atom. The van der Waals surface area contributed by atoms with E-state index in [2.05, 4.69) is 12.2 Å². The highest BCUT2D eigenvalue weighted by atomic mass is 16.5. The Balaban J connectivity index is 2.81. The third-order valence-corrected chi connectivity index (χ3v) is 2.94. The van der Waals surface area contributed by atoms with Gasteiger partial charge in [0.05, 0.1) is 18.2 Å². The lowest BCUT2D eigenvalue weighted by molar-refractivity contribution is 0.175. The maximum absolute atomic E-state index is 9.59. The average Bonchev–Trinajstić information content (AvgIpc) is 2.36. The van der Waals surface area contributed by atoms with Gasteiger partial charge in [-0.15, -0.1) is 0 Å². The van der Waals surface area contributed by atoms with E-state index in [0.717, 1.165) is 24.3 Å². The monoisotopic (exact) mass is 251 g/mol. The Morgan fingerprint density at radius 2 is 1.89 bits per heavy atom. The Bertz CT molecular complexity index is 348. The van der Waals surface area contributed by atoms with E-state index in [0.29, 0.717) is 0 Å². The number of aliphatic hydroxyl groups excluding tert-OH is 1. The number of ether oxygens (including phenoxy) is 1. The van der Waals surface area contributed by atoms with Crippen molar-refractivity contribution in [2.24, 2.45) is 0 Å². The van der Waals surface area contributed by atoms with Crippen LogP contribution in [0.1, 0.15) is 39.7 Å². The zero-order chi connectivity index (χ0) is 13.6. The molecule has 1 unspecified atom stereocenters. The summed E-state index contributed by atoms with van der Waals surface area (Å²) in [5, 5.41) is 13.0. The molecule has 0 saturated heterocycles. The molecule has 0 fully saturated rings. The number of rotatable bonds is 7. The average molecular weight is 251 g/mol. The third kappa shape index (κ3) is 4.00. The van der Waals surface area contributed by atoms with E-state index >= 15 is 0 Å². The van der Waals surface area contributed by atoms with Crippen LogP contribution in [0.4, 0.5) is 0 Å². The maximum Gasteiger partial charge on any atom is 0.119 e. The van der Waals surface area contributed by atoms with E-state index < -0.39 is 0 Å². The van der Waals surface area contributed by atoms with E-state index in [1.807, 2.05) is 45.0 Å². The van der Waals surface area contributed by atoms with Crippen LogP contribution in [0.25, 0.3) is 0 Å². The second-order valence-corrected chi connectivity index (χ2v) is 5.11. The minimum Gasteiger partial charge on any atom is -0.491 e. The summed E-state index contributed by atoms with van der Waals surface area (Å²) in [6.45, 7) is 9.12. The van der Waals surface area contributed by atoms with Gasteiger partial charge in [0.25, 0.3) is 0 Å². The summed E-state index contributed by atoms with van der Waals surface area (Å²) in [6, 6.07) is 7.93. The number of aliphatic hydroxyl groups is 1. The highest BCUT2D eigenvalue weighted by molar-refractivity contribution is 5.31. The fourth-order valence-corrected chi connectivity index (χ4v) is 1.82. The van der Waals surface area contributed by atoms with E-state index in [9.17, 15) is 5.11 Å². The number of benzene rings is 1. The van der Waals surface area contributed by atoms with Gasteiger partial charge in [-0.1, -0.05) is 19.1 Å². The molecule has 0 amide bonds. The van der Waals surface area contributed by atoms with Crippen LogP contribution in [0.2, 0.25) is 0 Å². The first-order valence-corrected chi connectivity index (χ1v) is 6.65. The van der Waals surface area contributed by atoms with Gasteiger partial charge in [-0.2, -0.15) is 0 Å². The van der Waals surface area contributed by atoms with Gasteiger partial charge in [-0.05, 0) is 51.4 Å². The molecule has 0 saturated carbocycles. The molecular formula is C15H25NO2. The minimum absolute atomic E-state index is 0.0807. The van der Waals surface area contributed by atoms with Crippen molar-refractivity contribution < 1.29 is 9.84 Å². The van der Waals surface area contributed by atoms with Gasteiger partial charge in [0, 0.05) is 0 Å². The zero-order valence-electron chi connectivity index (χ0n) is 11.9. The van der Waals surface area contributed by atoms with Crippen molar-refractivity contribution in [2.75, 3.05) is 13.2 Å². The lowest BCUT2D eigenvalue weighted by atomic mass is 9.92. The van der Waals surface area contributed by atoms with Gasteiger partial charge in [0.1, 0.15) is 5.75 Å². The number of nitrogens with one attached hydrogen (secondary N) is 1. The molecule has 0 heterocycles. The van der Waals surface area contributed by atoms with Crippen LogP contribution in [-0.2, 0) is 5.54 Å². The second-order valence-electron chi connectivity index (χ2n) is 5.11. The van der Waals surface area contributed by atoms with Crippen molar-refractivity contribution in [3.63, 3.8) is 0 Å². The molecule has 3 nitrogen and oxygen atoms in total. The fraction of sp³-hybridized carbons (Fsp3) is 0.600. The molecule has 102 valence electrons. The predicted molar refractivity (Wildman–Crippen MR) is 74.9 cm³/mol. The van der Waals surface area contributed by atoms with Crippen molar-refractivity contribution >= 4 is 0 Å². The molecule has 2 N–H and O–H groups in total. The van der Waals surface area contributed by atoms with Gasteiger partial charge >= 0.3 is 0 Å². The van der Waals surface area contributed by atoms with Gasteiger partial charge in [0.2, 0.25) is 0 Å². The molecule has 0 aromatic heterocycles. The van der Waals surface area contributed by atoms with Crippen LogP contribution in [0, 0.1) is 0 Å². The molecule has 0 radical (unpaired) electrons. The number of hydrogen-bond acceptors (Lipinski definition) is 3. The van der Waals surface area contributed by atoms with Crippen LogP contribution in [-0.4, -0.2) is 24.4 Å². The molecule has 1 aromatic carbocycles. The van der Waals surface area contributed by atoms with Crippen molar-refractivity contribution in [2.45, 2.75) is 45.8 Å². The zero-order valence-corrected chi connectivity index (χ0v) is 11.9. The fourth-order valence-electron chi connectivity index (χ4n) is 1.82. The summed E-state index contributed by atoms with van der Waals surface area (Å²) in [7, 11) is 0. The second kappa shape index (κ2) is 6.76. The van der Waals surface area contributed by atoms with E-state index in [4.69, 9.17) is 4.74 Å². The van der Waals surface area contributed by atoms with Gasteiger partial charge in [-0.25, -0.2) is 0 Å². The highest BCUT2D eigenvalue weighted by Crippen LogP contribution is 2.23. The summed E-state index contributed by atoms with van der Waals surface area (Å²) >= 11 is 0. The summed E-state index contributed by atoms with van der Waals surface area (Å²) in [6.07, 6.45) is 1.22. The molecule has 1 rings (SSSR count). The lowest BCUT2D eigenvalue weighted by Crippen LogP contribution is -2.43. The lowest BCUT2D eigenvalue weighted by Gasteiger charge is -2.29. The Kier molecular flexibility index (Phi) is 5.63. The van der Waals surface area contributed by atoms with Gasteiger partial charge < -0.3 is 15.2 Å². The summed E-state index contributed by atoms with van der Waals surface area (Å²) < 4.78 is 5.61. The van der Waals surface area contributed by atoms with Crippen molar-refractivity contribution in [1.29, 1.82) is 0 Å². The normalized spacial score (nSPS) is 14.6. The predicted octanol–water partition coefficient (Wildman–Crippen LogP) is 2.68. The van der Waals surface area contributed by atoms with E-state index in [1.165, 1.54) is 0 Å². The van der Waals surface area contributed by atoms with Crippen LogP contribution < -0.4 is 10.1 Å². The molecule has 0 aliphatic rings. The first kappa shape index (κ1) is 15.0. The molecular weight excluding hydrogens is 226 g/mol. The van der Waals surface area contributed by atoms with Crippen molar-refractivity contribution in [3.8, 4) is 5.75 Å². The molecule has 1 atom stereocenters. The van der Waals surface area contributed by atoms with Crippen LogP contribution in [0.5, 0.6) is 5.75 Å². The Morgan fingerprint density at radius 3 is 2.33 bits per heavy atom. The summed E-state index contributed by atoms with van der Waals surface area (Å²) in [5.41, 5.74) is 0.696. The Hall–Kier alpha value is -1.06. The van der Waals surface area contributed by atoms with Crippen LogP contribution in [0.15, 0.2) is 24.3 Å². The van der Waals surface area contributed by atoms with Crippen LogP contribution >= 0.6 is 0 Å². The van der Waals surface area contributed by atoms with Gasteiger partial charge in [0.15, 0.2) is 0 Å². The molecule has 1 aromatic rings. The standard InChI is InChI=1S/C15H25NO2/c1-5-10-16-15(4,11-17)13-6-8-14(9-7-13)18-12(2)3/h6-9,12,16-17H,5,10-11H2,1-4H3. The van der Waals surface area contributed by atoms with Gasteiger partial charge in [-0.3, -0.25) is 0 Å². The number of hydrogen-bond donors (Lipinski definition) is 2. The molecule has 0 aliphatic carbocycles. The van der Waals surface area contributed by atoms with Crippen LogP contribution in [0.3, 0.4) is 0 Å². The summed E-state index contributed by atoms with van der Waals surface area (Å²) in [4.78, 5) is 0. The molecule has 0 spiro atoms. The molecule has 0 bridgehead atoms. The first-order chi connectivity index (χ1) is 8.51. The SMILES string of the molecule is CCCNC(C)(CO)c1ccc(OC(C)C)cc1. The largest absolute Gasteiger partial charge is 0.491 e. The van der Waals surface area contributed by atoms with Crippen molar-refractivity contribution in [1.82, 2.24) is 5.32 Å². The molecule has 3 heteroatoms. The topological polar surface area (TPSA) is 41.5 Å².